The molecule has 1 spiro atoms. The standard InChI is InChI=1S/C12H23NO2S/c1-10(11(7-14)16-2)13-8-12(9-13)3-5-15-6-4-12/h10-11,14H,3-9H2,1-2H3. The molecule has 16 heavy (non-hydrogen) atoms. The molecule has 0 aromatic heterocycles. The molecule has 0 bridgehead atoms. The summed E-state index contributed by atoms with van der Waals surface area (Å²) in [5.41, 5.74) is 0.547. The third-order valence-corrected chi connectivity index (χ3v) is 5.38. The first-order valence-corrected chi connectivity index (χ1v) is 7.45. The molecule has 0 saturated carbocycles. The van der Waals surface area contributed by atoms with E-state index in [4.69, 9.17) is 4.74 Å². The van der Waals surface area contributed by atoms with Crippen LogP contribution < -0.4 is 0 Å². The highest BCUT2D eigenvalue weighted by atomic mass is 32.2. The van der Waals surface area contributed by atoms with Gasteiger partial charge in [0.25, 0.3) is 0 Å². The first-order valence-electron chi connectivity index (χ1n) is 6.16. The third-order valence-electron chi connectivity index (χ3n) is 4.23. The van der Waals surface area contributed by atoms with Gasteiger partial charge in [-0.2, -0.15) is 11.8 Å². The molecule has 2 rings (SSSR count). The van der Waals surface area contributed by atoms with Gasteiger partial charge in [-0.3, -0.25) is 4.90 Å². The van der Waals surface area contributed by atoms with E-state index in [1.165, 1.54) is 25.9 Å². The van der Waals surface area contributed by atoms with Crippen LogP contribution in [0.2, 0.25) is 0 Å². The van der Waals surface area contributed by atoms with Crippen LogP contribution in [0.15, 0.2) is 0 Å². The second-order valence-electron chi connectivity index (χ2n) is 5.21. The molecule has 2 aliphatic rings. The monoisotopic (exact) mass is 245 g/mol. The first kappa shape index (κ1) is 12.7. The highest BCUT2D eigenvalue weighted by Crippen LogP contribution is 2.41. The van der Waals surface area contributed by atoms with Gasteiger partial charge in [0, 0.05) is 43.0 Å². The molecule has 0 aliphatic carbocycles. The molecule has 2 heterocycles. The Bertz CT molecular complexity index is 219. The molecule has 0 radical (unpaired) electrons. The summed E-state index contributed by atoms with van der Waals surface area (Å²) in [5.74, 6) is 0. The fourth-order valence-electron chi connectivity index (χ4n) is 2.88. The minimum atomic E-state index is 0.287. The second-order valence-corrected chi connectivity index (χ2v) is 6.29. The topological polar surface area (TPSA) is 32.7 Å². The van der Waals surface area contributed by atoms with Crippen molar-refractivity contribution in [3.05, 3.63) is 0 Å². The van der Waals surface area contributed by atoms with Gasteiger partial charge in [-0.25, -0.2) is 0 Å². The summed E-state index contributed by atoms with van der Waals surface area (Å²) in [6.07, 6.45) is 4.53. The van der Waals surface area contributed by atoms with Crippen molar-refractivity contribution in [1.82, 2.24) is 4.90 Å². The summed E-state index contributed by atoms with van der Waals surface area (Å²) in [4.78, 5) is 2.52. The van der Waals surface area contributed by atoms with Crippen LogP contribution in [0.25, 0.3) is 0 Å². The molecule has 94 valence electrons. The van der Waals surface area contributed by atoms with E-state index in [0.29, 0.717) is 16.7 Å². The maximum absolute atomic E-state index is 9.30. The lowest BCUT2D eigenvalue weighted by molar-refractivity contribution is -0.0957. The lowest BCUT2D eigenvalue weighted by Crippen LogP contribution is -2.62. The molecule has 0 aromatic rings. The van der Waals surface area contributed by atoms with Crippen molar-refractivity contribution >= 4 is 11.8 Å². The van der Waals surface area contributed by atoms with Crippen molar-refractivity contribution in [2.45, 2.75) is 31.1 Å². The van der Waals surface area contributed by atoms with Crippen molar-refractivity contribution in [1.29, 1.82) is 0 Å². The van der Waals surface area contributed by atoms with Crippen LogP contribution in [0.3, 0.4) is 0 Å². The number of thioether (sulfide) groups is 1. The Morgan fingerprint density at radius 2 is 2.00 bits per heavy atom. The van der Waals surface area contributed by atoms with Crippen LogP contribution in [0, 0.1) is 5.41 Å². The van der Waals surface area contributed by atoms with Crippen molar-refractivity contribution in [3.8, 4) is 0 Å². The molecule has 2 saturated heterocycles. The first-order chi connectivity index (χ1) is 7.71. The molecule has 4 heteroatoms. The average molecular weight is 245 g/mol. The summed E-state index contributed by atoms with van der Waals surface area (Å²) in [6.45, 7) is 6.81. The van der Waals surface area contributed by atoms with Crippen LogP contribution >= 0.6 is 11.8 Å². The van der Waals surface area contributed by atoms with Gasteiger partial charge in [0.15, 0.2) is 0 Å². The molecule has 3 nitrogen and oxygen atoms in total. The lowest BCUT2D eigenvalue weighted by atomic mass is 9.72. The number of hydrogen-bond acceptors (Lipinski definition) is 4. The van der Waals surface area contributed by atoms with Gasteiger partial charge in [0.05, 0.1) is 6.61 Å². The smallest absolute Gasteiger partial charge is 0.0565 e. The zero-order valence-electron chi connectivity index (χ0n) is 10.3. The molecular weight excluding hydrogens is 222 g/mol. The Balaban J connectivity index is 1.82. The van der Waals surface area contributed by atoms with Crippen LogP contribution in [0.4, 0.5) is 0 Å². The largest absolute Gasteiger partial charge is 0.395 e. The lowest BCUT2D eigenvalue weighted by Gasteiger charge is -2.55. The van der Waals surface area contributed by atoms with Gasteiger partial charge in [0.2, 0.25) is 0 Å². The molecule has 1 N–H and O–H groups in total. The fourth-order valence-corrected chi connectivity index (χ4v) is 3.60. The predicted octanol–water partition coefficient (Wildman–Crippen LogP) is 1.21. The van der Waals surface area contributed by atoms with E-state index in [1.54, 1.807) is 11.8 Å². The van der Waals surface area contributed by atoms with Crippen molar-refractivity contribution < 1.29 is 9.84 Å². The summed E-state index contributed by atoms with van der Waals surface area (Å²) in [7, 11) is 0. The van der Waals surface area contributed by atoms with Crippen LogP contribution in [-0.4, -0.2) is 60.5 Å². The Labute approximate surface area is 103 Å². The highest BCUT2D eigenvalue weighted by molar-refractivity contribution is 7.99. The zero-order chi connectivity index (χ0) is 11.6. The van der Waals surface area contributed by atoms with Crippen LogP contribution in [0.5, 0.6) is 0 Å². The third kappa shape index (κ3) is 2.40. The van der Waals surface area contributed by atoms with Gasteiger partial charge in [0.1, 0.15) is 0 Å². The van der Waals surface area contributed by atoms with Gasteiger partial charge in [-0.1, -0.05) is 0 Å². The Morgan fingerprint density at radius 3 is 2.50 bits per heavy atom. The highest BCUT2D eigenvalue weighted by Gasteiger charge is 2.46. The van der Waals surface area contributed by atoms with Gasteiger partial charge in [-0.05, 0) is 26.0 Å². The summed E-state index contributed by atoms with van der Waals surface area (Å²) in [6, 6.07) is 0.494. The minimum Gasteiger partial charge on any atom is -0.395 e. The van der Waals surface area contributed by atoms with Gasteiger partial charge < -0.3 is 9.84 Å². The van der Waals surface area contributed by atoms with E-state index < -0.39 is 0 Å². The number of hydrogen-bond donors (Lipinski definition) is 1. The predicted molar refractivity (Wildman–Crippen MR) is 67.9 cm³/mol. The molecule has 0 aromatic carbocycles. The molecule has 2 unspecified atom stereocenters. The van der Waals surface area contributed by atoms with E-state index >= 15 is 0 Å². The fraction of sp³-hybridized carbons (Fsp3) is 1.00. The number of aliphatic hydroxyl groups excluding tert-OH is 1. The van der Waals surface area contributed by atoms with Crippen molar-refractivity contribution in [3.63, 3.8) is 0 Å². The van der Waals surface area contributed by atoms with Gasteiger partial charge >= 0.3 is 0 Å². The summed E-state index contributed by atoms with van der Waals surface area (Å²) < 4.78 is 5.42. The molecule has 2 fully saturated rings. The van der Waals surface area contributed by atoms with Crippen molar-refractivity contribution in [2.75, 3.05) is 39.2 Å². The summed E-state index contributed by atoms with van der Waals surface area (Å²) >= 11 is 1.77. The van der Waals surface area contributed by atoms with E-state index in [0.717, 1.165) is 13.2 Å². The van der Waals surface area contributed by atoms with Crippen LogP contribution in [0.1, 0.15) is 19.8 Å². The van der Waals surface area contributed by atoms with E-state index in [-0.39, 0.29) is 6.61 Å². The Hall–Kier alpha value is 0.230. The molecule has 0 amide bonds. The number of rotatable bonds is 4. The quantitative estimate of drug-likeness (QED) is 0.807. The van der Waals surface area contributed by atoms with E-state index in [2.05, 4.69) is 18.1 Å². The second kappa shape index (κ2) is 5.25. The maximum Gasteiger partial charge on any atom is 0.0565 e. The molecular formula is C12H23NO2S. The minimum absolute atomic E-state index is 0.287. The number of ether oxygens (including phenoxy) is 1. The maximum atomic E-state index is 9.30. The Morgan fingerprint density at radius 1 is 1.38 bits per heavy atom. The van der Waals surface area contributed by atoms with E-state index in [1.807, 2.05) is 0 Å². The molecule has 2 atom stereocenters. The van der Waals surface area contributed by atoms with E-state index in [9.17, 15) is 5.11 Å². The zero-order valence-corrected chi connectivity index (χ0v) is 11.1. The molecule has 2 aliphatic heterocycles. The summed E-state index contributed by atoms with van der Waals surface area (Å²) in [5, 5.41) is 9.66. The normalized spacial score (nSPS) is 28.7. The van der Waals surface area contributed by atoms with Gasteiger partial charge in [-0.15, -0.1) is 0 Å². The number of aliphatic hydroxyl groups is 1. The van der Waals surface area contributed by atoms with Crippen LogP contribution in [-0.2, 0) is 4.74 Å². The average Bonchev–Trinajstić information content (AvgIpc) is 2.28. The van der Waals surface area contributed by atoms with Crippen molar-refractivity contribution in [2.24, 2.45) is 5.41 Å². The SMILES string of the molecule is CSC(CO)C(C)N1CC2(CCOCC2)C1. The number of nitrogens with zero attached hydrogens (tertiary/aromatic N) is 1. The Kier molecular flexibility index (Phi) is 4.16. The number of likely N-dealkylation sites (tertiary alicyclic amines) is 1.